The molecule has 0 aliphatic carbocycles. The zero-order valence-corrected chi connectivity index (χ0v) is 19.7. The van der Waals surface area contributed by atoms with Crippen molar-refractivity contribution in [1.29, 1.82) is 0 Å². The fourth-order valence-electron chi connectivity index (χ4n) is 3.39. The van der Waals surface area contributed by atoms with E-state index in [0.29, 0.717) is 5.56 Å². The number of fused-ring (bicyclic) bond motifs is 1. The van der Waals surface area contributed by atoms with E-state index in [4.69, 9.17) is 9.47 Å². The molecule has 13 heteroatoms. The summed E-state index contributed by atoms with van der Waals surface area (Å²) < 4.78 is 68.0. The molecule has 0 saturated heterocycles. The number of anilines is 1. The van der Waals surface area contributed by atoms with Gasteiger partial charge in [-0.25, -0.2) is 9.18 Å². The third kappa shape index (κ3) is 4.86. The number of hydrogen-bond acceptors (Lipinski definition) is 7. The van der Waals surface area contributed by atoms with Gasteiger partial charge in [-0.2, -0.15) is 22.2 Å². The number of hydrogen-bond donors (Lipinski definition) is 1. The molecule has 0 saturated carbocycles. The number of rotatable bonds is 7. The third-order valence-corrected chi connectivity index (χ3v) is 6.77. The molecule has 1 unspecified atom stereocenters. The minimum Gasteiger partial charge on any atom is -0.434 e. The lowest BCUT2D eigenvalue weighted by molar-refractivity contribution is 0.114. The maximum Gasteiger partial charge on any atom is 0.416 e. The smallest absolute Gasteiger partial charge is 0.416 e. The highest BCUT2D eigenvalue weighted by molar-refractivity contribution is 7.90. The molecule has 1 aromatic heterocycles. The van der Waals surface area contributed by atoms with Crippen LogP contribution in [0, 0.1) is 11.6 Å². The summed E-state index contributed by atoms with van der Waals surface area (Å²) >= 11 is 0. The molecule has 1 aliphatic rings. The van der Waals surface area contributed by atoms with Gasteiger partial charge in [-0.15, -0.1) is 5.10 Å². The summed E-state index contributed by atoms with van der Waals surface area (Å²) in [6, 6.07) is 9.41. The van der Waals surface area contributed by atoms with Gasteiger partial charge >= 0.3 is 16.3 Å². The molecule has 35 heavy (non-hydrogen) atoms. The van der Waals surface area contributed by atoms with Crippen LogP contribution in [0.2, 0.25) is 0 Å². The Hall–Kier alpha value is -3.84. The Morgan fingerprint density at radius 2 is 1.91 bits per heavy atom. The molecule has 1 amide bonds. The standard InChI is InChI=1S/C22H21F2N5O5S/c1-13-15-9-10-17(33-18-8-5-11-25-26-18)20(24)21(15)34-22(30)29(13)12-14-6-4-7-16(19(14)23)27-35(31,32)28(2)3/h4-11,13,27H,12H2,1-3H3. The number of halogens is 2. The molecule has 4 rings (SSSR count). The van der Waals surface area contributed by atoms with Gasteiger partial charge in [-0.3, -0.25) is 9.62 Å². The van der Waals surface area contributed by atoms with E-state index in [1.165, 1.54) is 61.6 Å². The molecule has 1 aliphatic heterocycles. The number of carbonyl (C=O) groups is 1. The summed E-state index contributed by atoms with van der Waals surface area (Å²) in [4.78, 5) is 13.9. The zero-order valence-electron chi connectivity index (χ0n) is 18.9. The minimum atomic E-state index is -3.94. The number of nitrogens with zero attached hydrogens (tertiary/aromatic N) is 4. The van der Waals surface area contributed by atoms with Gasteiger partial charge in [0.15, 0.2) is 17.3 Å². The number of carbonyl (C=O) groups excluding carboxylic acids is 1. The van der Waals surface area contributed by atoms with E-state index in [9.17, 15) is 13.2 Å². The number of aromatic nitrogens is 2. The summed E-state index contributed by atoms with van der Waals surface area (Å²) in [5, 5.41) is 7.38. The van der Waals surface area contributed by atoms with E-state index in [1.54, 1.807) is 13.0 Å². The van der Waals surface area contributed by atoms with Crippen LogP contribution in [0.4, 0.5) is 19.3 Å². The maximum atomic E-state index is 15.1. The number of ether oxygens (including phenoxy) is 2. The van der Waals surface area contributed by atoms with Crippen molar-refractivity contribution >= 4 is 22.0 Å². The normalized spacial score (nSPS) is 15.5. The van der Waals surface area contributed by atoms with Crippen LogP contribution < -0.4 is 14.2 Å². The first kappa shape index (κ1) is 24.3. The average Bonchev–Trinajstić information content (AvgIpc) is 2.81. The third-order valence-electron chi connectivity index (χ3n) is 5.34. The molecule has 2 aromatic carbocycles. The van der Waals surface area contributed by atoms with Gasteiger partial charge in [0.25, 0.3) is 0 Å². The van der Waals surface area contributed by atoms with E-state index >= 15 is 8.78 Å². The summed E-state index contributed by atoms with van der Waals surface area (Å²) in [5.74, 6) is -2.18. The molecule has 0 fully saturated rings. The molecule has 0 bridgehead atoms. The summed E-state index contributed by atoms with van der Waals surface area (Å²) in [6.45, 7) is 1.39. The van der Waals surface area contributed by atoms with Crippen molar-refractivity contribution in [2.24, 2.45) is 0 Å². The van der Waals surface area contributed by atoms with Gasteiger partial charge in [0, 0.05) is 37.5 Å². The second kappa shape index (κ2) is 9.43. The Balaban J connectivity index is 1.59. The van der Waals surface area contributed by atoms with E-state index in [0.717, 1.165) is 4.31 Å². The highest BCUT2D eigenvalue weighted by atomic mass is 32.2. The molecule has 3 aromatic rings. The zero-order chi connectivity index (χ0) is 25.3. The monoisotopic (exact) mass is 505 g/mol. The molecular weight excluding hydrogens is 484 g/mol. The van der Waals surface area contributed by atoms with Crippen LogP contribution in [-0.4, -0.2) is 48.0 Å². The van der Waals surface area contributed by atoms with Crippen molar-refractivity contribution in [2.75, 3.05) is 18.8 Å². The van der Waals surface area contributed by atoms with E-state index in [-0.39, 0.29) is 35.2 Å². The molecule has 2 heterocycles. The summed E-state index contributed by atoms with van der Waals surface area (Å²) in [6.07, 6.45) is 0.531. The van der Waals surface area contributed by atoms with Crippen molar-refractivity contribution in [3.8, 4) is 17.4 Å². The second-order valence-electron chi connectivity index (χ2n) is 7.80. The number of nitrogens with one attached hydrogen (secondary N) is 1. The van der Waals surface area contributed by atoms with Crippen LogP contribution in [0.5, 0.6) is 17.4 Å². The van der Waals surface area contributed by atoms with E-state index < -0.39 is 34.0 Å². The molecule has 184 valence electrons. The molecule has 1 atom stereocenters. The van der Waals surface area contributed by atoms with Crippen molar-refractivity contribution in [3.63, 3.8) is 0 Å². The first-order valence-corrected chi connectivity index (χ1v) is 11.8. The first-order valence-electron chi connectivity index (χ1n) is 10.3. The summed E-state index contributed by atoms with van der Waals surface area (Å²) in [7, 11) is -1.34. The van der Waals surface area contributed by atoms with E-state index in [2.05, 4.69) is 14.9 Å². The Bertz CT molecular complexity index is 1370. The maximum absolute atomic E-state index is 15.1. The van der Waals surface area contributed by atoms with Crippen molar-refractivity contribution in [3.05, 3.63) is 71.4 Å². The average molecular weight is 506 g/mol. The number of benzene rings is 2. The Morgan fingerprint density at radius 1 is 1.14 bits per heavy atom. The predicted molar refractivity (Wildman–Crippen MR) is 121 cm³/mol. The van der Waals surface area contributed by atoms with Crippen LogP contribution in [0.25, 0.3) is 0 Å². The van der Waals surface area contributed by atoms with Gasteiger partial charge in [0.05, 0.1) is 18.3 Å². The molecule has 1 N–H and O–H groups in total. The van der Waals surface area contributed by atoms with Crippen molar-refractivity contribution in [2.45, 2.75) is 19.5 Å². The second-order valence-corrected chi connectivity index (χ2v) is 9.68. The predicted octanol–water partition coefficient (Wildman–Crippen LogP) is 3.84. The Kier molecular flexibility index (Phi) is 6.54. The van der Waals surface area contributed by atoms with Crippen LogP contribution in [0.15, 0.2) is 48.7 Å². The Morgan fingerprint density at radius 3 is 2.60 bits per heavy atom. The van der Waals surface area contributed by atoms with Gasteiger partial charge in [-0.05, 0) is 31.2 Å². The lowest BCUT2D eigenvalue weighted by Crippen LogP contribution is -2.39. The fourth-order valence-corrected chi connectivity index (χ4v) is 4.01. The quantitative estimate of drug-likeness (QED) is 0.519. The highest BCUT2D eigenvalue weighted by Gasteiger charge is 2.35. The molecule has 0 radical (unpaired) electrons. The van der Waals surface area contributed by atoms with Crippen LogP contribution in [-0.2, 0) is 16.8 Å². The topological polar surface area (TPSA) is 114 Å². The van der Waals surface area contributed by atoms with Gasteiger partial charge < -0.3 is 9.47 Å². The molecule has 0 spiro atoms. The minimum absolute atomic E-state index is 0.0410. The largest absolute Gasteiger partial charge is 0.434 e. The SMILES string of the molecule is CC1c2ccc(Oc3cccnn3)c(F)c2OC(=O)N1Cc1cccc(NS(=O)(=O)N(C)C)c1F. The molecule has 10 nitrogen and oxygen atoms in total. The van der Waals surface area contributed by atoms with Crippen molar-refractivity contribution < 1.29 is 31.5 Å². The molecular formula is C22H21F2N5O5S. The van der Waals surface area contributed by atoms with Crippen LogP contribution >= 0.6 is 0 Å². The lowest BCUT2D eigenvalue weighted by Gasteiger charge is -2.34. The fraction of sp³-hybridized carbons (Fsp3) is 0.227. The lowest BCUT2D eigenvalue weighted by atomic mass is 10.0. The first-order chi connectivity index (χ1) is 16.6. The number of amides is 1. The van der Waals surface area contributed by atoms with Gasteiger partial charge in [-0.1, -0.05) is 12.1 Å². The Labute approximate surface area is 200 Å². The van der Waals surface area contributed by atoms with Gasteiger partial charge in [0.1, 0.15) is 0 Å². The van der Waals surface area contributed by atoms with Crippen LogP contribution in [0.1, 0.15) is 24.1 Å². The van der Waals surface area contributed by atoms with E-state index in [1.807, 2.05) is 0 Å². The van der Waals surface area contributed by atoms with Crippen molar-refractivity contribution in [1.82, 2.24) is 19.4 Å². The highest BCUT2D eigenvalue weighted by Crippen LogP contribution is 2.41. The summed E-state index contributed by atoms with van der Waals surface area (Å²) in [5.41, 5.74) is 0.115. The van der Waals surface area contributed by atoms with Gasteiger partial charge in [0.2, 0.25) is 11.7 Å². The van der Waals surface area contributed by atoms with Crippen LogP contribution in [0.3, 0.4) is 0 Å².